The monoisotopic (exact) mass is 590 g/mol. The average Bonchev–Trinajstić information content (AvgIpc) is 3.54. The van der Waals surface area contributed by atoms with E-state index in [0.717, 1.165) is 16.0 Å². The van der Waals surface area contributed by atoms with Crippen LogP contribution in [0, 0.1) is 0 Å². The topological polar surface area (TPSA) is 100 Å². The number of benzene rings is 4. The highest BCUT2D eigenvalue weighted by Crippen LogP contribution is 2.37. The molecule has 0 saturated carbocycles. The average molecular weight is 591 g/mol. The molecule has 0 aliphatic heterocycles. The normalized spacial score (nSPS) is 11.8. The number of nitrogens with zero attached hydrogens (tertiary/aromatic N) is 1. The highest BCUT2D eigenvalue weighted by Gasteiger charge is 2.23. The Bertz CT molecular complexity index is 1680. The molecule has 0 radical (unpaired) electrons. The van der Waals surface area contributed by atoms with Crippen LogP contribution in [0.2, 0.25) is 0 Å². The largest absolute Gasteiger partial charge is 0.321 e. The Morgan fingerprint density at radius 2 is 1.48 bits per heavy atom. The predicted molar refractivity (Wildman–Crippen MR) is 169 cm³/mol. The number of thioether (sulfide) groups is 1. The van der Waals surface area contributed by atoms with Gasteiger partial charge in [0, 0.05) is 27.7 Å². The summed E-state index contributed by atoms with van der Waals surface area (Å²) in [5.74, 6) is -1.08. The molecule has 9 heteroatoms. The molecule has 0 spiro atoms. The van der Waals surface area contributed by atoms with Gasteiger partial charge in [0.15, 0.2) is 5.13 Å². The zero-order chi connectivity index (χ0) is 29.1. The summed E-state index contributed by atoms with van der Waals surface area (Å²) in [6.07, 6.45) is 3.27. The van der Waals surface area contributed by atoms with Crippen molar-refractivity contribution in [2.24, 2.45) is 0 Å². The predicted octanol–water partition coefficient (Wildman–Crippen LogP) is 7.02. The molecular weight excluding hydrogens is 565 g/mol. The first-order valence-corrected chi connectivity index (χ1v) is 14.8. The summed E-state index contributed by atoms with van der Waals surface area (Å²) in [5.41, 5.74) is 2.65. The second kappa shape index (κ2) is 14.1. The number of hydrogen-bond acceptors (Lipinski definition) is 6. The van der Waals surface area contributed by atoms with E-state index >= 15 is 0 Å². The van der Waals surface area contributed by atoms with Crippen LogP contribution in [0.4, 0.5) is 10.8 Å². The number of rotatable bonds is 10. The van der Waals surface area contributed by atoms with Crippen LogP contribution in [0.15, 0.2) is 137 Å². The summed E-state index contributed by atoms with van der Waals surface area (Å²) < 4.78 is 0. The van der Waals surface area contributed by atoms with Crippen LogP contribution >= 0.6 is 23.1 Å². The van der Waals surface area contributed by atoms with E-state index in [0.29, 0.717) is 16.4 Å². The third-order valence-electron chi connectivity index (χ3n) is 5.99. The molecule has 0 bridgehead atoms. The van der Waals surface area contributed by atoms with Gasteiger partial charge in [0.2, 0.25) is 5.91 Å². The Labute approximate surface area is 251 Å². The molecule has 0 aliphatic carbocycles. The minimum absolute atomic E-state index is 0.0955. The minimum atomic E-state index is -0.556. The van der Waals surface area contributed by atoms with Gasteiger partial charge in [-0.1, -0.05) is 84.9 Å². The van der Waals surface area contributed by atoms with Crippen LogP contribution in [0.25, 0.3) is 6.08 Å². The Kier molecular flexibility index (Phi) is 9.56. The quantitative estimate of drug-likeness (QED) is 0.120. The molecule has 208 valence electrons. The van der Waals surface area contributed by atoms with Crippen molar-refractivity contribution in [3.05, 3.63) is 149 Å². The van der Waals surface area contributed by atoms with Crippen molar-refractivity contribution in [1.82, 2.24) is 10.3 Å². The lowest BCUT2D eigenvalue weighted by molar-refractivity contribution is -0.116. The molecule has 0 saturated heterocycles. The number of carbonyl (C=O) groups excluding carboxylic acids is 3. The maximum Gasteiger partial charge on any atom is 0.272 e. The number of aromatic nitrogens is 1. The van der Waals surface area contributed by atoms with Crippen LogP contribution in [-0.2, 0) is 9.59 Å². The van der Waals surface area contributed by atoms with E-state index in [-0.39, 0.29) is 11.6 Å². The Balaban J connectivity index is 1.36. The lowest BCUT2D eigenvalue weighted by atomic mass is 10.1. The number of thiazole rings is 1. The van der Waals surface area contributed by atoms with Crippen LogP contribution in [0.1, 0.15) is 26.7 Å². The first-order chi connectivity index (χ1) is 20.5. The van der Waals surface area contributed by atoms with Gasteiger partial charge < -0.3 is 16.0 Å². The molecule has 1 heterocycles. The minimum Gasteiger partial charge on any atom is -0.321 e. The number of carbonyl (C=O) groups is 3. The van der Waals surface area contributed by atoms with E-state index in [1.807, 2.05) is 78.9 Å². The van der Waals surface area contributed by atoms with Gasteiger partial charge in [-0.05, 0) is 47.5 Å². The van der Waals surface area contributed by atoms with Crippen LogP contribution < -0.4 is 16.0 Å². The molecule has 3 N–H and O–H groups in total. The van der Waals surface area contributed by atoms with Crippen molar-refractivity contribution >= 4 is 57.7 Å². The Morgan fingerprint density at radius 3 is 2.17 bits per heavy atom. The third kappa shape index (κ3) is 7.81. The van der Waals surface area contributed by atoms with Gasteiger partial charge in [0.1, 0.15) is 10.9 Å². The molecule has 4 aromatic carbocycles. The number of amides is 3. The summed E-state index contributed by atoms with van der Waals surface area (Å²) >= 11 is 2.71. The van der Waals surface area contributed by atoms with Crippen LogP contribution in [-0.4, -0.2) is 22.7 Å². The van der Waals surface area contributed by atoms with Crippen molar-refractivity contribution < 1.29 is 14.4 Å². The summed E-state index contributed by atoms with van der Waals surface area (Å²) in [4.78, 5) is 44.6. The first kappa shape index (κ1) is 28.5. The molecule has 1 aromatic heterocycles. The standard InChI is InChI=1S/C33H26N4O3S2/c38-30(25-15-8-3-9-16-25)36-28(21-23-11-4-1-5-12-23)31(39)35-26-17-10-18-27(22-26)42-29(24-13-6-2-7-14-24)32(40)37-33-34-19-20-41-33/h1-22,29H,(H,35,39)(H,36,38)(H,34,37,40)/b28-21-. The molecule has 42 heavy (non-hydrogen) atoms. The van der Waals surface area contributed by atoms with Crippen LogP contribution in [0.3, 0.4) is 0 Å². The second-order valence-electron chi connectivity index (χ2n) is 9.01. The summed E-state index contributed by atoms with van der Waals surface area (Å²) in [5, 5.41) is 10.3. The zero-order valence-corrected chi connectivity index (χ0v) is 23.9. The van der Waals surface area contributed by atoms with E-state index in [1.165, 1.54) is 23.1 Å². The summed E-state index contributed by atoms with van der Waals surface area (Å²) in [6.45, 7) is 0. The van der Waals surface area contributed by atoms with Gasteiger partial charge in [0.05, 0.1) is 0 Å². The van der Waals surface area contributed by atoms with Gasteiger partial charge >= 0.3 is 0 Å². The number of nitrogens with one attached hydrogen (secondary N) is 3. The van der Waals surface area contributed by atoms with Gasteiger partial charge in [-0.25, -0.2) is 4.98 Å². The van der Waals surface area contributed by atoms with Crippen molar-refractivity contribution in [3.63, 3.8) is 0 Å². The van der Waals surface area contributed by atoms with Crippen molar-refractivity contribution in [3.8, 4) is 0 Å². The molecule has 3 amide bonds. The molecule has 7 nitrogen and oxygen atoms in total. The SMILES string of the molecule is O=C(Nc1cccc(SC(C(=O)Nc2nccs2)c2ccccc2)c1)/C(=C/c1ccccc1)NC(=O)c1ccccc1. The molecular formula is C33H26N4O3S2. The maximum atomic E-state index is 13.5. The highest BCUT2D eigenvalue weighted by atomic mass is 32.2. The van der Waals surface area contributed by atoms with E-state index < -0.39 is 17.1 Å². The fraction of sp³-hybridized carbons (Fsp3) is 0.0303. The lowest BCUT2D eigenvalue weighted by Gasteiger charge is -2.17. The van der Waals surface area contributed by atoms with Crippen molar-refractivity contribution in [2.45, 2.75) is 10.1 Å². The van der Waals surface area contributed by atoms with Gasteiger partial charge in [-0.15, -0.1) is 23.1 Å². The maximum absolute atomic E-state index is 13.5. The number of anilines is 2. The molecule has 1 unspecified atom stereocenters. The summed E-state index contributed by atoms with van der Waals surface area (Å²) in [7, 11) is 0. The molecule has 5 rings (SSSR count). The molecule has 0 aliphatic rings. The van der Waals surface area contributed by atoms with E-state index in [2.05, 4.69) is 20.9 Å². The number of hydrogen-bond donors (Lipinski definition) is 3. The van der Waals surface area contributed by atoms with Crippen LogP contribution in [0.5, 0.6) is 0 Å². The molecule has 0 fully saturated rings. The zero-order valence-electron chi connectivity index (χ0n) is 22.3. The molecule has 5 aromatic rings. The summed E-state index contributed by atoms with van der Waals surface area (Å²) in [6, 6.07) is 34.7. The fourth-order valence-electron chi connectivity index (χ4n) is 4.00. The first-order valence-electron chi connectivity index (χ1n) is 13.0. The second-order valence-corrected chi connectivity index (χ2v) is 11.1. The highest BCUT2D eigenvalue weighted by molar-refractivity contribution is 8.00. The Hall–Kier alpha value is -4.99. The third-order valence-corrected chi connectivity index (χ3v) is 7.92. The van der Waals surface area contributed by atoms with Gasteiger partial charge in [0.25, 0.3) is 11.8 Å². The van der Waals surface area contributed by atoms with E-state index in [4.69, 9.17) is 0 Å². The van der Waals surface area contributed by atoms with E-state index in [9.17, 15) is 14.4 Å². The van der Waals surface area contributed by atoms with Gasteiger partial charge in [-0.2, -0.15) is 0 Å². The van der Waals surface area contributed by atoms with E-state index in [1.54, 1.807) is 54.1 Å². The Morgan fingerprint density at radius 1 is 0.786 bits per heavy atom. The smallest absolute Gasteiger partial charge is 0.272 e. The lowest BCUT2D eigenvalue weighted by Crippen LogP contribution is -2.30. The fourth-order valence-corrected chi connectivity index (χ4v) is 5.61. The van der Waals surface area contributed by atoms with Gasteiger partial charge in [-0.3, -0.25) is 14.4 Å². The van der Waals surface area contributed by atoms with Crippen molar-refractivity contribution in [1.29, 1.82) is 0 Å². The molecule has 1 atom stereocenters. The van der Waals surface area contributed by atoms with Crippen molar-refractivity contribution in [2.75, 3.05) is 10.6 Å².